The summed E-state index contributed by atoms with van der Waals surface area (Å²) < 4.78 is 78.2. The number of aliphatic hydroxyl groups is 1. The smallest absolute Gasteiger partial charge is 0.416 e. The zero-order valence-electron chi connectivity index (χ0n) is 26.2. The molecule has 3 amide bonds. The third kappa shape index (κ3) is 8.73. The number of benzene rings is 3. The molecule has 0 aliphatic carbocycles. The van der Waals surface area contributed by atoms with Crippen molar-refractivity contribution in [2.45, 2.75) is 43.5 Å². The van der Waals surface area contributed by atoms with Gasteiger partial charge < -0.3 is 30.1 Å². The molecule has 254 valence electrons. The first kappa shape index (κ1) is 35.5. The minimum absolute atomic E-state index is 0.0629. The molecular formula is C32H37F3N4O7S. The van der Waals surface area contributed by atoms with Crippen LogP contribution in [0, 0.1) is 5.92 Å². The lowest BCUT2D eigenvalue weighted by Crippen LogP contribution is -2.48. The highest BCUT2D eigenvalue weighted by Crippen LogP contribution is 2.31. The van der Waals surface area contributed by atoms with Gasteiger partial charge in [0.25, 0.3) is 0 Å². The van der Waals surface area contributed by atoms with E-state index in [2.05, 4.69) is 10.6 Å². The lowest BCUT2D eigenvalue weighted by atomic mass is 10.0. The minimum Gasteiger partial charge on any atom is -0.497 e. The van der Waals surface area contributed by atoms with Crippen LogP contribution in [0.5, 0.6) is 11.5 Å². The van der Waals surface area contributed by atoms with Crippen LogP contribution in [-0.2, 0) is 27.4 Å². The first-order valence-corrected chi connectivity index (χ1v) is 16.1. The van der Waals surface area contributed by atoms with Gasteiger partial charge in [0.2, 0.25) is 15.9 Å². The van der Waals surface area contributed by atoms with Crippen LogP contribution < -0.4 is 20.1 Å². The number of ether oxygens (including phenoxy) is 2. The Kier molecular flexibility index (Phi) is 11.0. The molecule has 4 rings (SSSR count). The van der Waals surface area contributed by atoms with Gasteiger partial charge in [0, 0.05) is 36.4 Å². The average Bonchev–Trinajstić information content (AvgIpc) is 3.07. The van der Waals surface area contributed by atoms with Crippen molar-refractivity contribution in [2.75, 3.05) is 44.5 Å². The summed E-state index contributed by atoms with van der Waals surface area (Å²) in [4.78, 5) is 27.7. The number of hydrogen-bond acceptors (Lipinski definition) is 7. The number of hydrogen-bond donors (Lipinski definition) is 3. The van der Waals surface area contributed by atoms with Crippen molar-refractivity contribution in [2.24, 2.45) is 5.92 Å². The number of carbonyl (C=O) groups is 2. The van der Waals surface area contributed by atoms with Gasteiger partial charge in [-0.15, -0.1) is 0 Å². The Morgan fingerprint density at radius 2 is 1.70 bits per heavy atom. The van der Waals surface area contributed by atoms with Gasteiger partial charge in [0.05, 0.1) is 43.2 Å². The Bertz CT molecular complexity index is 1670. The van der Waals surface area contributed by atoms with Gasteiger partial charge in [-0.05, 0) is 73.7 Å². The SMILES string of the molecule is COc1ccc(S(=O)(=O)N(C)C[C@H]2Oc3ccc(NC(=O)Nc4ccc(C(F)(F)F)cc4)cc3CC(=O)N([C@@H](C)CO)C[C@@H]2C)cc1. The molecule has 0 saturated heterocycles. The molecule has 0 saturated carbocycles. The first-order valence-electron chi connectivity index (χ1n) is 14.7. The van der Waals surface area contributed by atoms with Crippen LogP contribution in [0.2, 0.25) is 0 Å². The first-order chi connectivity index (χ1) is 22.1. The van der Waals surface area contributed by atoms with E-state index < -0.39 is 39.9 Å². The Morgan fingerprint density at radius 1 is 1.09 bits per heavy atom. The van der Waals surface area contributed by atoms with E-state index in [1.54, 1.807) is 25.1 Å². The lowest BCUT2D eigenvalue weighted by molar-refractivity contribution is -0.137. The van der Waals surface area contributed by atoms with Gasteiger partial charge in [0.1, 0.15) is 17.6 Å². The molecule has 0 radical (unpaired) electrons. The van der Waals surface area contributed by atoms with Crippen LogP contribution in [-0.4, -0.2) is 80.7 Å². The molecule has 0 aromatic heterocycles. The number of amides is 3. The van der Waals surface area contributed by atoms with Crippen molar-refractivity contribution in [3.63, 3.8) is 0 Å². The van der Waals surface area contributed by atoms with E-state index in [0.717, 1.165) is 24.3 Å². The van der Waals surface area contributed by atoms with E-state index >= 15 is 0 Å². The van der Waals surface area contributed by atoms with Crippen LogP contribution >= 0.6 is 0 Å². The summed E-state index contributed by atoms with van der Waals surface area (Å²) in [7, 11) is -1.01. The fraction of sp³-hybridized carbons (Fsp3) is 0.375. The molecule has 0 unspecified atom stereocenters. The third-order valence-electron chi connectivity index (χ3n) is 7.85. The van der Waals surface area contributed by atoms with Crippen molar-refractivity contribution in [1.82, 2.24) is 9.21 Å². The standard InChI is InChI=1S/C32H37F3N4O7S/c1-20-17-39(21(2)19-40)30(41)16-22-15-25(37-31(42)36-24-7-5-23(6-8-24)32(33,34)35)9-14-28(22)46-29(20)18-38(3)47(43,44)27-12-10-26(45-4)11-13-27/h5-15,20-21,29,40H,16-19H2,1-4H3,(H2,36,37,42)/t20-,21-,29+/m0/s1. The summed E-state index contributed by atoms with van der Waals surface area (Å²) in [5, 5.41) is 15.0. The number of fused-ring (bicyclic) bond motifs is 1. The number of urea groups is 1. The molecule has 3 aromatic carbocycles. The second kappa shape index (κ2) is 14.6. The normalized spacial score (nSPS) is 17.9. The number of aliphatic hydroxyl groups excluding tert-OH is 1. The second-order valence-electron chi connectivity index (χ2n) is 11.3. The van der Waals surface area contributed by atoms with Crippen LogP contribution in [0.15, 0.2) is 71.6 Å². The average molecular weight is 679 g/mol. The maximum absolute atomic E-state index is 13.5. The van der Waals surface area contributed by atoms with Crippen LogP contribution in [0.3, 0.4) is 0 Å². The van der Waals surface area contributed by atoms with Crippen molar-refractivity contribution in [1.29, 1.82) is 0 Å². The Hall–Kier alpha value is -4.34. The van der Waals surface area contributed by atoms with Crippen LogP contribution in [0.25, 0.3) is 0 Å². The number of methoxy groups -OCH3 is 1. The Labute approximate surface area is 271 Å². The monoisotopic (exact) mass is 678 g/mol. The second-order valence-corrected chi connectivity index (χ2v) is 13.4. The summed E-state index contributed by atoms with van der Waals surface area (Å²) in [6, 6.07) is 13.3. The highest BCUT2D eigenvalue weighted by Gasteiger charge is 2.34. The van der Waals surface area contributed by atoms with Gasteiger partial charge in [-0.1, -0.05) is 6.92 Å². The minimum atomic E-state index is -4.51. The maximum Gasteiger partial charge on any atom is 0.416 e. The topological polar surface area (TPSA) is 138 Å². The van der Waals surface area contributed by atoms with Crippen molar-refractivity contribution in [3.8, 4) is 11.5 Å². The molecule has 0 spiro atoms. The molecule has 0 fully saturated rings. The molecule has 3 N–H and O–H groups in total. The zero-order valence-corrected chi connectivity index (χ0v) is 27.1. The maximum atomic E-state index is 13.5. The molecule has 3 atom stereocenters. The predicted octanol–water partition coefficient (Wildman–Crippen LogP) is 4.83. The van der Waals surface area contributed by atoms with Gasteiger partial charge in [0.15, 0.2) is 0 Å². The zero-order chi connectivity index (χ0) is 34.5. The van der Waals surface area contributed by atoms with E-state index in [-0.39, 0.29) is 54.2 Å². The molecule has 0 bridgehead atoms. The highest BCUT2D eigenvalue weighted by atomic mass is 32.2. The summed E-state index contributed by atoms with van der Waals surface area (Å²) >= 11 is 0. The number of alkyl halides is 3. The Balaban J connectivity index is 1.58. The molecule has 1 heterocycles. The fourth-order valence-electron chi connectivity index (χ4n) is 5.04. The van der Waals surface area contributed by atoms with Gasteiger partial charge in [-0.3, -0.25) is 4.79 Å². The largest absolute Gasteiger partial charge is 0.497 e. The quantitative estimate of drug-likeness (QED) is 0.295. The number of likely N-dealkylation sites (N-methyl/N-ethyl adjacent to an activating group) is 1. The molecule has 3 aromatic rings. The van der Waals surface area contributed by atoms with E-state index in [9.17, 15) is 36.3 Å². The number of halogens is 3. The fourth-order valence-corrected chi connectivity index (χ4v) is 6.22. The number of rotatable bonds is 9. The van der Waals surface area contributed by atoms with Crippen molar-refractivity contribution < 1.29 is 45.8 Å². The van der Waals surface area contributed by atoms with Gasteiger partial charge >= 0.3 is 12.2 Å². The molecular weight excluding hydrogens is 641 g/mol. The summed E-state index contributed by atoms with van der Waals surface area (Å²) in [6.07, 6.45) is -5.38. The number of carbonyl (C=O) groups excluding carboxylic acids is 2. The molecule has 1 aliphatic rings. The Morgan fingerprint density at radius 3 is 2.30 bits per heavy atom. The van der Waals surface area contributed by atoms with Crippen LogP contribution in [0.4, 0.5) is 29.3 Å². The molecule has 1 aliphatic heterocycles. The van der Waals surface area contributed by atoms with Crippen LogP contribution in [0.1, 0.15) is 25.0 Å². The lowest BCUT2D eigenvalue weighted by Gasteiger charge is -2.33. The summed E-state index contributed by atoms with van der Waals surface area (Å²) in [6.45, 7) is 3.34. The van der Waals surface area contributed by atoms with E-state index in [4.69, 9.17) is 9.47 Å². The van der Waals surface area contributed by atoms with Crippen molar-refractivity contribution >= 4 is 33.3 Å². The van der Waals surface area contributed by atoms with Gasteiger partial charge in [-0.25, -0.2) is 13.2 Å². The van der Waals surface area contributed by atoms with E-state index in [1.165, 1.54) is 47.6 Å². The third-order valence-corrected chi connectivity index (χ3v) is 9.69. The highest BCUT2D eigenvalue weighted by molar-refractivity contribution is 7.89. The molecule has 47 heavy (non-hydrogen) atoms. The predicted molar refractivity (Wildman–Crippen MR) is 169 cm³/mol. The summed E-state index contributed by atoms with van der Waals surface area (Å²) in [5.74, 6) is 0.122. The van der Waals surface area contributed by atoms with Crippen molar-refractivity contribution in [3.05, 3.63) is 77.9 Å². The molecule has 15 heteroatoms. The molecule has 11 nitrogen and oxygen atoms in total. The van der Waals surface area contributed by atoms with Gasteiger partial charge in [-0.2, -0.15) is 17.5 Å². The van der Waals surface area contributed by atoms with E-state index in [1.807, 2.05) is 6.92 Å². The number of anilines is 2. The van der Waals surface area contributed by atoms with E-state index in [0.29, 0.717) is 17.1 Å². The summed E-state index contributed by atoms with van der Waals surface area (Å²) in [5.41, 5.74) is -0.0463. The number of nitrogens with one attached hydrogen (secondary N) is 2. The number of sulfonamides is 1. The number of nitrogens with zero attached hydrogens (tertiary/aromatic N) is 2.